The molecule has 2 heteroatoms. The van der Waals surface area contributed by atoms with Crippen LogP contribution >= 0.6 is 0 Å². The van der Waals surface area contributed by atoms with E-state index in [1.54, 1.807) is 0 Å². The van der Waals surface area contributed by atoms with Crippen LogP contribution in [0.5, 0.6) is 0 Å². The van der Waals surface area contributed by atoms with Gasteiger partial charge in [0.15, 0.2) is 0 Å². The molecule has 0 bridgehead atoms. The molecule has 0 radical (unpaired) electrons. The van der Waals surface area contributed by atoms with Gasteiger partial charge in [-0.1, -0.05) is 27.2 Å². The van der Waals surface area contributed by atoms with Crippen molar-refractivity contribution in [1.29, 1.82) is 0 Å². The third-order valence-electron chi connectivity index (χ3n) is 2.39. The number of likely N-dealkylation sites (tertiary alicyclic amines) is 1. The lowest BCUT2D eigenvalue weighted by molar-refractivity contribution is -0.00695. The maximum Gasteiger partial charge on any atom is 0.0667 e. The summed E-state index contributed by atoms with van der Waals surface area (Å²) in [6.07, 6.45) is 1.92. The van der Waals surface area contributed by atoms with E-state index < -0.39 is 0 Å². The van der Waals surface area contributed by atoms with Crippen molar-refractivity contribution in [2.75, 3.05) is 19.6 Å². The van der Waals surface area contributed by atoms with Crippen LogP contribution in [0.15, 0.2) is 0 Å². The lowest BCUT2D eigenvalue weighted by Crippen LogP contribution is -2.54. The number of hydrogen-bond donors (Lipinski definition) is 1. The monoisotopic (exact) mass is 171 g/mol. The molecule has 1 aliphatic heterocycles. The van der Waals surface area contributed by atoms with Crippen LogP contribution in [-0.4, -0.2) is 35.7 Å². The zero-order chi connectivity index (χ0) is 9.19. The van der Waals surface area contributed by atoms with Crippen LogP contribution in [0.25, 0.3) is 0 Å². The number of aliphatic hydroxyl groups excluding tert-OH is 1. The minimum absolute atomic E-state index is 0.105. The minimum Gasteiger partial charge on any atom is -0.392 e. The van der Waals surface area contributed by atoms with Crippen molar-refractivity contribution < 1.29 is 5.11 Å². The fourth-order valence-corrected chi connectivity index (χ4v) is 2.02. The first-order valence-corrected chi connectivity index (χ1v) is 4.94. The highest BCUT2D eigenvalue weighted by Crippen LogP contribution is 2.28. The maximum atomic E-state index is 9.51. The van der Waals surface area contributed by atoms with Crippen molar-refractivity contribution in [2.45, 2.75) is 39.7 Å². The van der Waals surface area contributed by atoms with Gasteiger partial charge in [-0.3, -0.25) is 4.90 Å². The summed E-state index contributed by atoms with van der Waals surface area (Å²) >= 11 is 0. The summed E-state index contributed by atoms with van der Waals surface area (Å²) < 4.78 is 0. The highest BCUT2D eigenvalue weighted by Gasteiger charge is 2.34. The standard InChI is InChI=1S/C10H21NO/c1-4-5-9(12)6-11-7-10(2,3)8-11/h9,12H,4-8H2,1-3H3. The van der Waals surface area contributed by atoms with Crippen molar-refractivity contribution in [1.82, 2.24) is 4.90 Å². The first-order valence-electron chi connectivity index (χ1n) is 4.94. The number of hydrogen-bond acceptors (Lipinski definition) is 2. The smallest absolute Gasteiger partial charge is 0.0667 e. The molecule has 0 spiro atoms. The summed E-state index contributed by atoms with van der Waals surface area (Å²) in [4.78, 5) is 2.33. The van der Waals surface area contributed by atoms with E-state index in [-0.39, 0.29) is 6.10 Å². The minimum atomic E-state index is -0.105. The quantitative estimate of drug-likeness (QED) is 0.692. The maximum absolute atomic E-state index is 9.51. The lowest BCUT2D eigenvalue weighted by atomic mass is 9.84. The summed E-state index contributed by atoms with van der Waals surface area (Å²) in [5.41, 5.74) is 0.492. The Hall–Kier alpha value is -0.0800. The molecule has 1 rings (SSSR count). The van der Waals surface area contributed by atoms with Gasteiger partial charge in [0, 0.05) is 19.6 Å². The first-order chi connectivity index (χ1) is 5.53. The van der Waals surface area contributed by atoms with Crippen molar-refractivity contribution in [2.24, 2.45) is 5.41 Å². The van der Waals surface area contributed by atoms with E-state index in [9.17, 15) is 5.11 Å². The van der Waals surface area contributed by atoms with Gasteiger partial charge >= 0.3 is 0 Å². The van der Waals surface area contributed by atoms with Gasteiger partial charge in [0.05, 0.1) is 6.10 Å². The summed E-state index contributed by atoms with van der Waals surface area (Å²) in [5, 5.41) is 9.51. The van der Waals surface area contributed by atoms with E-state index in [0.717, 1.165) is 32.5 Å². The molecule has 12 heavy (non-hydrogen) atoms. The molecule has 0 aromatic rings. The van der Waals surface area contributed by atoms with E-state index in [1.165, 1.54) is 0 Å². The summed E-state index contributed by atoms with van der Waals surface area (Å²) in [7, 11) is 0. The predicted octanol–water partition coefficient (Wildman–Crippen LogP) is 1.49. The van der Waals surface area contributed by atoms with E-state index in [2.05, 4.69) is 25.7 Å². The molecule has 0 aliphatic carbocycles. The van der Waals surface area contributed by atoms with Gasteiger partial charge in [-0.05, 0) is 11.8 Å². The molecule has 1 heterocycles. The Kier molecular flexibility index (Phi) is 3.13. The van der Waals surface area contributed by atoms with Crippen molar-refractivity contribution in [3.05, 3.63) is 0 Å². The third-order valence-corrected chi connectivity index (χ3v) is 2.39. The molecule has 1 unspecified atom stereocenters. The molecular formula is C10H21NO. The van der Waals surface area contributed by atoms with Crippen LogP contribution in [0.2, 0.25) is 0 Å². The van der Waals surface area contributed by atoms with Gasteiger partial charge in [-0.2, -0.15) is 0 Å². The second-order valence-corrected chi connectivity index (χ2v) is 4.78. The highest BCUT2D eigenvalue weighted by molar-refractivity contribution is 4.88. The second kappa shape index (κ2) is 3.75. The summed E-state index contributed by atoms with van der Waals surface area (Å²) in [5.74, 6) is 0. The van der Waals surface area contributed by atoms with Crippen LogP contribution in [0.3, 0.4) is 0 Å². The van der Waals surface area contributed by atoms with Crippen molar-refractivity contribution in [3.8, 4) is 0 Å². The van der Waals surface area contributed by atoms with Crippen LogP contribution in [0.1, 0.15) is 33.6 Å². The Morgan fingerprint density at radius 2 is 2.00 bits per heavy atom. The molecule has 1 N–H and O–H groups in total. The summed E-state index contributed by atoms with van der Waals surface area (Å²) in [6, 6.07) is 0. The van der Waals surface area contributed by atoms with Crippen LogP contribution in [-0.2, 0) is 0 Å². The largest absolute Gasteiger partial charge is 0.392 e. The Balaban J connectivity index is 2.10. The predicted molar refractivity (Wildman–Crippen MR) is 51.1 cm³/mol. The number of rotatable bonds is 4. The molecule has 0 amide bonds. The molecular weight excluding hydrogens is 150 g/mol. The van der Waals surface area contributed by atoms with Crippen LogP contribution in [0.4, 0.5) is 0 Å². The second-order valence-electron chi connectivity index (χ2n) is 4.78. The van der Waals surface area contributed by atoms with E-state index in [1.807, 2.05) is 0 Å². The Morgan fingerprint density at radius 3 is 2.42 bits per heavy atom. The molecule has 2 nitrogen and oxygen atoms in total. The molecule has 0 aromatic heterocycles. The number of nitrogens with zero attached hydrogens (tertiary/aromatic N) is 1. The number of β-amino-alcohol motifs (C(OH)–C–C–N with tert-alkyl or cyclic N) is 1. The average Bonchev–Trinajstić information content (AvgIpc) is 1.83. The SMILES string of the molecule is CCCC(O)CN1CC(C)(C)C1. The Labute approximate surface area is 75.6 Å². The fourth-order valence-electron chi connectivity index (χ4n) is 2.02. The fraction of sp³-hybridized carbons (Fsp3) is 1.00. The van der Waals surface area contributed by atoms with Gasteiger partial charge in [-0.25, -0.2) is 0 Å². The molecule has 72 valence electrons. The molecule has 1 saturated heterocycles. The normalized spacial score (nSPS) is 25.0. The average molecular weight is 171 g/mol. The molecule has 0 saturated carbocycles. The molecule has 0 aromatic carbocycles. The van der Waals surface area contributed by atoms with Crippen LogP contribution < -0.4 is 0 Å². The Morgan fingerprint density at radius 1 is 1.42 bits per heavy atom. The van der Waals surface area contributed by atoms with E-state index >= 15 is 0 Å². The third kappa shape index (κ3) is 2.76. The van der Waals surface area contributed by atoms with Crippen molar-refractivity contribution in [3.63, 3.8) is 0 Å². The first kappa shape index (κ1) is 10.0. The van der Waals surface area contributed by atoms with E-state index in [4.69, 9.17) is 0 Å². The van der Waals surface area contributed by atoms with Gasteiger partial charge in [0.1, 0.15) is 0 Å². The zero-order valence-electron chi connectivity index (χ0n) is 8.51. The molecule has 1 atom stereocenters. The van der Waals surface area contributed by atoms with Gasteiger partial charge in [0.25, 0.3) is 0 Å². The van der Waals surface area contributed by atoms with E-state index in [0.29, 0.717) is 5.41 Å². The molecule has 1 fully saturated rings. The van der Waals surface area contributed by atoms with Gasteiger partial charge in [0.2, 0.25) is 0 Å². The lowest BCUT2D eigenvalue weighted by Gasteiger charge is -2.46. The van der Waals surface area contributed by atoms with Gasteiger partial charge < -0.3 is 5.11 Å². The summed E-state index contributed by atoms with van der Waals surface area (Å²) in [6.45, 7) is 9.83. The molecule has 1 aliphatic rings. The topological polar surface area (TPSA) is 23.5 Å². The van der Waals surface area contributed by atoms with Crippen LogP contribution in [0, 0.1) is 5.41 Å². The Bertz CT molecular complexity index is 137. The highest BCUT2D eigenvalue weighted by atomic mass is 16.3. The zero-order valence-corrected chi connectivity index (χ0v) is 8.51. The van der Waals surface area contributed by atoms with Crippen molar-refractivity contribution >= 4 is 0 Å². The van der Waals surface area contributed by atoms with Gasteiger partial charge in [-0.15, -0.1) is 0 Å². The number of aliphatic hydroxyl groups is 1.